The summed E-state index contributed by atoms with van der Waals surface area (Å²) in [6.45, 7) is 1.20. The Kier molecular flexibility index (Phi) is 6.93. The van der Waals surface area contributed by atoms with E-state index in [-0.39, 0.29) is 24.2 Å². The van der Waals surface area contributed by atoms with Crippen molar-refractivity contribution in [1.82, 2.24) is 9.88 Å². The monoisotopic (exact) mass is 444 g/mol. The first-order chi connectivity index (χ1) is 14.3. The van der Waals surface area contributed by atoms with Gasteiger partial charge in [0.25, 0.3) is 5.91 Å². The average Bonchev–Trinajstić information content (AvgIpc) is 3.38. The molecule has 0 spiro atoms. The van der Waals surface area contributed by atoms with E-state index in [2.05, 4.69) is 4.98 Å². The van der Waals surface area contributed by atoms with Crippen LogP contribution in [0.3, 0.4) is 0 Å². The molecule has 0 aromatic carbocycles. The van der Waals surface area contributed by atoms with Gasteiger partial charge in [-0.1, -0.05) is 12.1 Å². The van der Waals surface area contributed by atoms with E-state index in [9.17, 15) is 18.0 Å². The van der Waals surface area contributed by atoms with Crippen LogP contribution in [-0.4, -0.2) is 64.4 Å². The molecule has 3 heterocycles. The summed E-state index contributed by atoms with van der Waals surface area (Å²) in [5.41, 5.74) is 0. The van der Waals surface area contributed by atoms with Gasteiger partial charge in [0.05, 0.1) is 17.5 Å². The zero-order valence-electron chi connectivity index (χ0n) is 15.6. The third-order valence-electron chi connectivity index (χ3n) is 4.68. The summed E-state index contributed by atoms with van der Waals surface area (Å²) < 4.78 is 43.7. The summed E-state index contributed by atoms with van der Waals surface area (Å²) in [5, 5.41) is 9.06. The Hall–Kier alpha value is -2.66. The first kappa shape index (κ1) is 22.0. The van der Waals surface area contributed by atoms with Gasteiger partial charge in [0, 0.05) is 18.8 Å². The number of carbonyl (C=O) groups excluding carboxylic acids is 1. The summed E-state index contributed by atoms with van der Waals surface area (Å²) in [6, 6.07) is 9.51. The molecule has 4 rings (SSSR count). The van der Waals surface area contributed by atoms with Crippen molar-refractivity contribution in [1.29, 1.82) is 0 Å². The van der Waals surface area contributed by atoms with E-state index in [1.807, 2.05) is 40.6 Å². The quantitative estimate of drug-likeness (QED) is 0.782. The molecule has 1 N–H and O–H groups in total. The topological polar surface area (TPSA) is 89.0 Å². The number of fused-ring (bicyclic) bond motifs is 1. The van der Waals surface area contributed by atoms with Crippen LogP contribution >= 0.6 is 11.3 Å². The van der Waals surface area contributed by atoms with Gasteiger partial charge in [0.1, 0.15) is 12.2 Å². The highest BCUT2D eigenvalue weighted by molar-refractivity contribution is 7.12. The SMILES string of the molecule is O=C(O)C(F)(F)F.O=C(c1cccs1)N1CCO[C@H]2[C@@H](Oc3ccccn3)CC[C@@H]21. The van der Waals surface area contributed by atoms with Gasteiger partial charge in [-0.05, 0) is 30.4 Å². The van der Waals surface area contributed by atoms with Crippen molar-refractivity contribution in [2.24, 2.45) is 0 Å². The number of ether oxygens (including phenoxy) is 2. The molecule has 0 unspecified atom stereocenters. The fourth-order valence-electron chi connectivity index (χ4n) is 3.41. The molecule has 0 radical (unpaired) electrons. The number of carbonyl (C=O) groups is 2. The fourth-order valence-corrected chi connectivity index (χ4v) is 4.09. The summed E-state index contributed by atoms with van der Waals surface area (Å²) in [5.74, 6) is -2.03. The minimum absolute atomic E-state index is 0.0474. The van der Waals surface area contributed by atoms with Crippen LogP contribution in [0.1, 0.15) is 22.5 Å². The minimum Gasteiger partial charge on any atom is -0.475 e. The molecule has 2 aromatic heterocycles. The fraction of sp³-hybridized carbons (Fsp3) is 0.421. The Bertz CT molecular complexity index is 848. The number of alkyl halides is 3. The molecule has 1 saturated heterocycles. The maximum Gasteiger partial charge on any atom is 0.490 e. The van der Waals surface area contributed by atoms with Crippen molar-refractivity contribution in [3.8, 4) is 5.88 Å². The van der Waals surface area contributed by atoms with Gasteiger partial charge >= 0.3 is 12.1 Å². The summed E-state index contributed by atoms with van der Waals surface area (Å²) in [4.78, 5) is 28.6. The van der Waals surface area contributed by atoms with Crippen molar-refractivity contribution < 1.29 is 37.3 Å². The molecule has 1 aliphatic heterocycles. The average molecular weight is 444 g/mol. The van der Waals surface area contributed by atoms with E-state index in [4.69, 9.17) is 19.4 Å². The minimum atomic E-state index is -5.08. The number of hydrogen-bond donors (Lipinski definition) is 1. The predicted molar refractivity (Wildman–Crippen MR) is 100 cm³/mol. The molecule has 30 heavy (non-hydrogen) atoms. The first-order valence-corrected chi connectivity index (χ1v) is 9.99. The molecule has 2 aromatic rings. The molecule has 2 fully saturated rings. The zero-order valence-corrected chi connectivity index (χ0v) is 16.4. The van der Waals surface area contributed by atoms with Gasteiger partial charge in [0.15, 0.2) is 0 Å². The Morgan fingerprint density at radius 1 is 1.23 bits per heavy atom. The third kappa shape index (κ3) is 5.28. The molecule has 1 aliphatic carbocycles. The molecule has 7 nitrogen and oxygen atoms in total. The second-order valence-electron chi connectivity index (χ2n) is 6.58. The lowest BCUT2D eigenvalue weighted by Crippen LogP contribution is -2.54. The van der Waals surface area contributed by atoms with Gasteiger partial charge in [-0.25, -0.2) is 9.78 Å². The highest BCUT2D eigenvalue weighted by Crippen LogP contribution is 2.33. The van der Waals surface area contributed by atoms with Crippen molar-refractivity contribution >= 4 is 23.2 Å². The largest absolute Gasteiger partial charge is 0.490 e. The number of carboxylic acid groups (broad SMARTS) is 1. The van der Waals surface area contributed by atoms with Crippen molar-refractivity contribution in [2.75, 3.05) is 13.2 Å². The lowest BCUT2D eigenvalue weighted by atomic mass is 10.1. The molecule has 1 saturated carbocycles. The second kappa shape index (κ2) is 9.43. The molecule has 11 heteroatoms. The molecular formula is C19H19F3N2O5S. The van der Waals surface area contributed by atoms with Gasteiger partial charge in [0.2, 0.25) is 5.88 Å². The van der Waals surface area contributed by atoms with Gasteiger partial charge < -0.3 is 19.5 Å². The maximum atomic E-state index is 12.7. The van der Waals surface area contributed by atoms with E-state index >= 15 is 0 Å². The third-order valence-corrected chi connectivity index (χ3v) is 5.54. The number of rotatable bonds is 3. The van der Waals surface area contributed by atoms with E-state index in [1.54, 1.807) is 6.20 Å². The predicted octanol–water partition coefficient (Wildman–Crippen LogP) is 3.23. The number of halogens is 3. The van der Waals surface area contributed by atoms with Crippen LogP contribution in [0, 0.1) is 0 Å². The highest BCUT2D eigenvalue weighted by Gasteiger charge is 2.46. The number of nitrogens with zero attached hydrogens (tertiary/aromatic N) is 2. The molecule has 162 valence electrons. The van der Waals surface area contributed by atoms with Gasteiger partial charge in [-0.15, -0.1) is 11.3 Å². The Balaban J connectivity index is 0.000000318. The van der Waals surface area contributed by atoms with E-state index in [0.717, 1.165) is 17.7 Å². The number of carboxylic acids is 1. The van der Waals surface area contributed by atoms with Gasteiger partial charge in [-0.3, -0.25) is 4.79 Å². The maximum absolute atomic E-state index is 12.7. The molecule has 1 amide bonds. The lowest BCUT2D eigenvalue weighted by Gasteiger charge is -2.38. The van der Waals surface area contributed by atoms with Crippen LogP contribution in [-0.2, 0) is 9.53 Å². The van der Waals surface area contributed by atoms with Crippen molar-refractivity contribution in [2.45, 2.75) is 37.3 Å². The van der Waals surface area contributed by atoms with Crippen LogP contribution in [0.5, 0.6) is 5.88 Å². The highest BCUT2D eigenvalue weighted by atomic mass is 32.1. The summed E-state index contributed by atoms with van der Waals surface area (Å²) in [6.07, 6.45) is -1.71. The van der Waals surface area contributed by atoms with E-state index < -0.39 is 12.1 Å². The Labute approximate surface area is 174 Å². The zero-order chi connectivity index (χ0) is 21.7. The van der Waals surface area contributed by atoms with Crippen molar-refractivity contribution in [3.63, 3.8) is 0 Å². The number of morpholine rings is 1. The molecule has 3 atom stereocenters. The van der Waals surface area contributed by atoms with Crippen molar-refractivity contribution in [3.05, 3.63) is 46.8 Å². The van der Waals surface area contributed by atoms with Crippen LogP contribution in [0.25, 0.3) is 0 Å². The summed E-state index contributed by atoms with van der Waals surface area (Å²) >= 11 is 1.49. The van der Waals surface area contributed by atoms with E-state index in [0.29, 0.717) is 19.0 Å². The van der Waals surface area contributed by atoms with Crippen LogP contribution < -0.4 is 4.74 Å². The van der Waals surface area contributed by atoms with Crippen LogP contribution in [0.4, 0.5) is 13.2 Å². The Morgan fingerprint density at radius 3 is 2.60 bits per heavy atom. The lowest BCUT2D eigenvalue weighted by molar-refractivity contribution is -0.192. The smallest absolute Gasteiger partial charge is 0.475 e. The standard InChI is InChI=1S/C17H18N2O3S.C2HF3O2/c20-17(14-4-3-11-23-14)19-9-10-21-16-12(19)6-7-13(16)22-15-5-1-2-8-18-15;3-2(4,5)1(6)7/h1-5,8,11-13,16H,6-7,9-10H2;(H,6,7)/t12-,13-,16+;/m0./s1. The number of aliphatic carboxylic acids is 1. The van der Waals surface area contributed by atoms with Gasteiger partial charge in [-0.2, -0.15) is 13.2 Å². The number of thiophene rings is 1. The molecular weight excluding hydrogens is 425 g/mol. The number of hydrogen-bond acceptors (Lipinski definition) is 6. The number of aromatic nitrogens is 1. The van der Waals surface area contributed by atoms with Crippen LogP contribution in [0.2, 0.25) is 0 Å². The summed E-state index contributed by atoms with van der Waals surface area (Å²) in [7, 11) is 0. The molecule has 0 bridgehead atoms. The number of pyridine rings is 1. The van der Waals surface area contributed by atoms with E-state index in [1.165, 1.54) is 11.3 Å². The normalized spacial score (nSPS) is 23.2. The molecule has 2 aliphatic rings. The second-order valence-corrected chi connectivity index (χ2v) is 7.53. The first-order valence-electron chi connectivity index (χ1n) is 9.11. The van der Waals surface area contributed by atoms with Crippen LogP contribution in [0.15, 0.2) is 41.9 Å². The Morgan fingerprint density at radius 2 is 2.00 bits per heavy atom. The number of amides is 1.